The van der Waals surface area contributed by atoms with Crippen LogP contribution in [-0.4, -0.2) is 16.0 Å². The Kier molecular flexibility index (Phi) is 4.34. The minimum Gasteiger partial charge on any atom is -0.459 e. The van der Waals surface area contributed by atoms with E-state index in [1.807, 2.05) is 0 Å². The zero-order valence-electron chi connectivity index (χ0n) is 11.5. The van der Waals surface area contributed by atoms with Crippen molar-refractivity contribution in [2.45, 2.75) is 37.8 Å². The van der Waals surface area contributed by atoms with Crippen molar-refractivity contribution in [1.82, 2.24) is 15.5 Å². The Morgan fingerprint density at radius 3 is 2.86 bits per heavy atom. The number of rotatable bonds is 4. The fourth-order valence-corrected chi connectivity index (χ4v) is 2.13. The predicted molar refractivity (Wildman–Crippen MR) is 75.9 cm³/mol. The smallest absolute Gasteiger partial charge is 0.287 e. The van der Waals surface area contributed by atoms with Gasteiger partial charge in [-0.1, -0.05) is 5.16 Å². The summed E-state index contributed by atoms with van der Waals surface area (Å²) in [7, 11) is 0. The van der Waals surface area contributed by atoms with Crippen LogP contribution in [0, 0.1) is 0 Å². The summed E-state index contributed by atoms with van der Waals surface area (Å²) in [5, 5.41) is 6.64. The highest BCUT2D eigenvalue weighted by atomic mass is 35.5. The maximum atomic E-state index is 11.8. The highest BCUT2D eigenvalue weighted by Gasteiger charge is 2.39. The third-order valence-corrected chi connectivity index (χ3v) is 3.60. The topological polar surface area (TPSA) is 107 Å². The van der Waals surface area contributed by atoms with Gasteiger partial charge in [-0.05, 0) is 38.3 Å². The van der Waals surface area contributed by atoms with Crippen molar-refractivity contribution in [1.29, 1.82) is 0 Å². The van der Waals surface area contributed by atoms with E-state index in [0.29, 0.717) is 11.7 Å². The average molecular weight is 313 g/mol. The van der Waals surface area contributed by atoms with E-state index in [9.17, 15) is 4.79 Å². The van der Waals surface area contributed by atoms with Crippen molar-refractivity contribution in [3.63, 3.8) is 0 Å². The van der Waals surface area contributed by atoms with E-state index >= 15 is 0 Å². The molecule has 21 heavy (non-hydrogen) atoms. The van der Waals surface area contributed by atoms with Crippen LogP contribution in [0.1, 0.15) is 54.5 Å². The van der Waals surface area contributed by atoms with Gasteiger partial charge in [0.05, 0.1) is 11.8 Å². The highest BCUT2D eigenvalue weighted by Crippen LogP contribution is 2.37. The Morgan fingerprint density at radius 2 is 2.29 bits per heavy atom. The molecule has 1 fully saturated rings. The fourth-order valence-electron chi connectivity index (χ4n) is 2.13. The van der Waals surface area contributed by atoms with Crippen LogP contribution in [0.25, 0.3) is 0 Å². The Bertz CT molecular complexity index is 607. The molecule has 1 atom stereocenters. The first-order valence-electron chi connectivity index (χ1n) is 6.56. The molecule has 3 rings (SSSR count). The second-order valence-electron chi connectivity index (χ2n) is 5.14. The molecule has 0 aromatic carbocycles. The summed E-state index contributed by atoms with van der Waals surface area (Å²) in [6.45, 7) is 1.77. The molecule has 2 aromatic heterocycles. The maximum absolute atomic E-state index is 11.8. The van der Waals surface area contributed by atoms with E-state index in [0.717, 1.165) is 19.3 Å². The van der Waals surface area contributed by atoms with Gasteiger partial charge < -0.3 is 20.0 Å². The van der Waals surface area contributed by atoms with E-state index in [2.05, 4.69) is 15.5 Å². The summed E-state index contributed by atoms with van der Waals surface area (Å²) in [6, 6.07) is 2.83. The normalized spacial score (nSPS) is 17.4. The van der Waals surface area contributed by atoms with Gasteiger partial charge in [0.25, 0.3) is 5.91 Å². The van der Waals surface area contributed by atoms with Crippen LogP contribution in [0.2, 0.25) is 0 Å². The van der Waals surface area contributed by atoms with Crippen molar-refractivity contribution in [2.24, 2.45) is 5.73 Å². The lowest BCUT2D eigenvalue weighted by atomic mass is 9.77. The molecule has 0 aliphatic heterocycles. The first kappa shape index (κ1) is 15.5. The van der Waals surface area contributed by atoms with E-state index < -0.39 is 11.6 Å². The first-order valence-corrected chi connectivity index (χ1v) is 6.56. The molecule has 0 spiro atoms. The summed E-state index contributed by atoms with van der Waals surface area (Å²) < 4.78 is 10.2. The number of carbonyl (C=O) groups excluding carboxylic acids is 1. The monoisotopic (exact) mass is 312 g/mol. The van der Waals surface area contributed by atoms with E-state index in [1.54, 1.807) is 19.1 Å². The second kappa shape index (κ2) is 5.87. The first-order chi connectivity index (χ1) is 9.58. The van der Waals surface area contributed by atoms with Crippen LogP contribution in [0.15, 0.2) is 27.3 Å². The maximum Gasteiger partial charge on any atom is 0.287 e. The number of nitrogens with zero attached hydrogens (tertiary/aromatic N) is 2. The Hall–Kier alpha value is -1.86. The van der Waals surface area contributed by atoms with Crippen molar-refractivity contribution in [2.75, 3.05) is 0 Å². The lowest BCUT2D eigenvalue weighted by Crippen LogP contribution is -2.44. The number of amides is 1. The summed E-state index contributed by atoms with van der Waals surface area (Å²) in [4.78, 5) is 16.1. The number of halogens is 1. The van der Waals surface area contributed by atoms with Gasteiger partial charge in [0, 0.05) is 0 Å². The summed E-state index contributed by atoms with van der Waals surface area (Å²) in [5.74, 6) is 0.772. The largest absolute Gasteiger partial charge is 0.459 e. The minimum atomic E-state index is -0.466. The van der Waals surface area contributed by atoms with Gasteiger partial charge in [-0.25, -0.2) is 0 Å². The molecule has 1 aliphatic carbocycles. The van der Waals surface area contributed by atoms with Gasteiger partial charge in [-0.15, -0.1) is 12.4 Å². The molecule has 7 nitrogen and oxygen atoms in total. The third-order valence-electron chi connectivity index (χ3n) is 3.60. The van der Waals surface area contributed by atoms with Crippen LogP contribution in [0.5, 0.6) is 0 Å². The van der Waals surface area contributed by atoms with Crippen LogP contribution in [0.3, 0.4) is 0 Å². The van der Waals surface area contributed by atoms with Gasteiger partial charge in [-0.3, -0.25) is 4.79 Å². The van der Waals surface area contributed by atoms with E-state index in [4.69, 9.17) is 14.7 Å². The molecule has 8 heteroatoms. The van der Waals surface area contributed by atoms with Crippen molar-refractivity contribution < 1.29 is 13.7 Å². The zero-order valence-corrected chi connectivity index (χ0v) is 12.4. The predicted octanol–water partition coefficient (Wildman–Crippen LogP) is 1.91. The molecule has 3 N–H and O–H groups in total. The van der Waals surface area contributed by atoms with Crippen molar-refractivity contribution in [3.05, 3.63) is 35.9 Å². The summed E-state index contributed by atoms with van der Waals surface area (Å²) >= 11 is 0. The van der Waals surface area contributed by atoms with Crippen molar-refractivity contribution in [3.8, 4) is 0 Å². The van der Waals surface area contributed by atoms with Gasteiger partial charge in [0.15, 0.2) is 11.6 Å². The fraction of sp³-hybridized carbons (Fsp3) is 0.462. The Balaban J connectivity index is 0.00000161. The molecule has 2 heterocycles. The summed E-state index contributed by atoms with van der Waals surface area (Å²) in [6.07, 6.45) is 4.24. The average Bonchev–Trinajstić information content (AvgIpc) is 3.06. The lowest BCUT2D eigenvalue weighted by Gasteiger charge is -2.34. The van der Waals surface area contributed by atoms with Gasteiger partial charge in [-0.2, -0.15) is 4.98 Å². The molecule has 1 aliphatic rings. The Labute approximate surface area is 127 Å². The minimum absolute atomic E-state index is 0. The molecule has 2 aromatic rings. The molecule has 1 amide bonds. The molecule has 0 saturated heterocycles. The molecule has 114 valence electrons. The van der Waals surface area contributed by atoms with Gasteiger partial charge in [0.2, 0.25) is 5.89 Å². The van der Waals surface area contributed by atoms with E-state index in [1.165, 1.54) is 6.26 Å². The van der Waals surface area contributed by atoms with Gasteiger partial charge in [0.1, 0.15) is 6.04 Å². The van der Waals surface area contributed by atoms with Gasteiger partial charge >= 0.3 is 0 Å². The molecular weight excluding hydrogens is 296 g/mol. The number of hydrogen-bond donors (Lipinski definition) is 2. The highest BCUT2D eigenvalue weighted by molar-refractivity contribution is 5.91. The Morgan fingerprint density at radius 1 is 1.52 bits per heavy atom. The number of hydrogen-bond acceptors (Lipinski definition) is 6. The third kappa shape index (κ3) is 2.93. The van der Waals surface area contributed by atoms with Crippen LogP contribution < -0.4 is 11.1 Å². The molecule has 1 saturated carbocycles. The van der Waals surface area contributed by atoms with Crippen LogP contribution >= 0.6 is 12.4 Å². The zero-order chi connectivity index (χ0) is 14.2. The van der Waals surface area contributed by atoms with Crippen LogP contribution in [0.4, 0.5) is 0 Å². The quantitative estimate of drug-likeness (QED) is 0.893. The number of nitrogens with one attached hydrogen (secondary N) is 1. The standard InChI is InChI=1S/C13H16N4O3.ClH/c1-8(15-10(18)9-4-2-7-19-9)11-16-12(17-20-11)13(14)5-3-6-13;/h2,4,7-8H,3,5-6,14H2,1H3,(H,15,18);1H. The number of furan rings is 1. The summed E-state index contributed by atoms with van der Waals surface area (Å²) in [5.41, 5.74) is 5.66. The molecule has 0 radical (unpaired) electrons. The number of nitrogens with two attached hydrogens (primary N) is 1. The van der Waals surface area contributed by atoms with E-state index in [-0.39, 0.29) is 24.1 Å². The molecule has 1 unspecified atom stereocenters. The van der Waals surface area contributed by atoms with Crippen molar-refractivity contribution >= 4 is 18.3 Å². The van der Waals surface area contributed by atoms with Crippen LogP contribution in [-0.2, 0) is 5.54 Å². The molecular formula is C13H17ClN4O3. The SMILES string of the molecule is CC(NC(=O)c1ccco1)c1nc(C2(N)CCC2)no1.Cl. The molecule has 0 bridgehead atoms. The second-order valence-corrected chi connectivity index (χ2v) is 5.14. The lowest BCUT2D eigenvalue weighted by molar-refractivity contribution is 0.0904. The number of carbonyl (C=O) groups is 1. The number of aromatic nitrogens is 2.